The van der Waals surface area contributed by atoms with Crippen molar-refractivity contribution in [1.82, 2.24) is 29.9 Å². The predicted molar refractivity (Wildman–Crippen MR) is 89.6 cm³/mol. The normalized spacial score (nSPS) is 10.8. The first kappa shape index (κ1) is 15.7. The van der Waals surface area contributed by atoms with Crippen LogP contribution in [-0.4, -0.2) is 36.0 Å². The zero-order valence-electron chi connectivity index (χ0n) is 13.6. The lowest BCUT2D eigenvalue weighted by Crippen LogP contribution is -2.20. The number of aryl methyl sites for hydroxylation is 1. The van der Waals surface area contributed by atoms with Crippen LogP contribution in [0.25, 0.3) is 11.5 Å². The van der Waals surface area contributed by atoms with Crippen LogP contribution in [0.2, 0.25) is 0 Å². The molecule has 9 heteroatoms. The van der Waals surface area contributed by atoms with Gasteiger partial charge in [-0.25, -0.2) is 9.78 Å². The minimum Gasteiger partial charge on any atom is -0.310 e. The molecule has 0 atom stereocenters. The molecule has 3 N–H and O–H groups in total. The van der Waals surface area contributed by atoms with Crippen LogP contribution in [0.4, 0.5) is 16.4 Å². The zero-order valence-corrected chi connectivity index (χ0v) is 13.6. The van der Waals surface area contributed by atoms with Crippen LogP contribution >= 0.6 is 0 Å². The second-order valence-corrected chi connectivity index (χ2v) is 5.58. The molecule has 0 saturated heterocycles. The summed E-state index contributed by atoms with van der Waals surface area (Å²) in [5.74, 6) is 1.51. The quantitative estimate of drug-likeness (QED) is 0.682. The lowest BCUT2D eigenvalue weighted by atomic mass is 10.3. The van der Waals surface area contributed by atoms with Crippen LogP contribution < -0.4 is 10.6 Å². The molecular formula is C15H18N8O. The fourth-order valence-corrected chi connectivity index (χ4v) is 2.18. The highest BCUT2D eigenvalue weighted by Gasteiger charge is 2.12. The van der Waals surface area contributed by atoms with Crippen LogP contribution in [0.5, 0.6) is 0 Å². The maximum atomic E-state index is 12.0. The van der Waals surface area contributed by atoms with Crippen molar-refractivity contribution in [3.63, 3.8) is 0 Å². The number of hydrogen-bond acceptors (Lipinski definition) is 5. The number of amides is 2. The smallest absolute Gasteiger partial charge is 0.310 e. The molecule has 3 heterocycles. The highest BCUT2D eigenvalue weighted by molar-refractivity contribution is 5.98. The molecule has 0 spiro atoms. The molecule has 0 saturated carbocycles. The van der Waals surface area contributed by atoms with E-state index in [0.29, 0.717) is 23.2 Å². The second kappa shape index (κ2) is 6.49. The molecule has 0 unspecified atom stereocenters. The molecule has 9 nitrogen and oxygen atoms in total. The Labute approximate surface area is 138 Å². The van der Waals surface area contributed by atoms with Gasteiger partial charge in [0.05, 0.1) is 0 Å². The molecule has 0 aliphatic rings. The molecule has 3 aromatic heterocycles. The Balaban J connectivity index is 1.75. The van der Waals surface area contributed by atoms with Crippen molar-refractivity contribution in [3.8, 4) is 11.5 Å². The van der Waals surface area contributed by atoms with E-state index in [-0.39, 0.29) is 6.04 Å². The highest BCUT2D eigenvalue weighted by Crippen LogP contribution is 2.19. The average molecular weight is 326 g/mol. The number of nitrogens with one attached hydrogen (secondary N) is 3. The summed E-state index contributed by atoms with van der Waals surface area (Å²) in [7, 11) is 0. The van der Waals surface area contributed by atoms with Gasteiger partial charge in [0.15, 0.2) is 11.6 Å². The minimum atomic E-state index is -0.420. The Hall–Kier alpha value is -3.23. The molecule has 0 aliphatic heterocycles. The summed E-state index contributed by atoms with van der Waals surface area (Å²) < 4.78 is 1.92. The van der Waals surface area contributed by atoms with E-state index in [1.807, 2.05) is 31.4 Å². The number of anilines is 2. The molecule has 2 amide bonds. The maximum Gasteiger partial charge on any atom is 0.326 e. The van der Waals surface area contributed by atoms with Crippen molar-refractivity contribution < 1.29 is 4.79 Å². The molecule has 0 aromatic carbocycles. The van der Waals surface area contributed by atoms with E-state index in [1.54, 1.807) is 24.5 Å². The van der Waals surface area contributed by atoms with Crippen molar-refractivity contribution >= 4 is 17.7 Å². The van der Waals surface area contributed by atoms with Gasteiger partial charge in [0.2, 0.25) is 0 Å². The Kier molecular flexibility index (Phi) is 4.23. The third-order valence-electron chi connectivity index (χ3n) is 3.30. The van der Waals surface area contributed by atoms with E-state index in [2.05, 4.69) is 36.0 Å². The molecule has 3 rings (SSSR count). The number of nitrogens with zero attached hydrogens (tertiary/aromatic N) is 5. The van der Waals surface area contributed by atoms with Crippen LogP contribution in [0.1, 0.15) is 25.6 Å². The number of carbonyl (C=O) groups excluding carboxylic acids is 1. The fraction of sp³-hybridized carbons (Fsp3) is 0.267. The van der Waals surface area contributed by atoms with E-state index in [4.69, 9.17) is 0 Å². The van der Waals surface area contributed by atoms with Gasteiger partial charge >= 0.3 is 6.03 Å². The second-order valence-electron chi connectivity index (χ2n) is 5.58. The van der Waals surface area contributed by atoms with E-state index < -0.39 is 6.03 Å². The average Bonchev–Trinajstić information content (AvgIpc) is 3.16. The van der Waals surface area contributed by atoms with Gasteiger partial charge in [-0.2, -0.15) is 5.10 Å². The summed E-state index contributed by atoms with van der Waals surface area (Å²) in [6.45, 7) is 5.93. The van der Waals surface area contributed by atoms with E-state index in [9.17, 15) is 4.79 Å². The lowest BCUT2D eigenvalue weighted by Gasteiger charge is -2.10. The molecule has 0 fully saturated rings. The summed E-state index contributed by atoms with van der Waals surface area (Å²) in [6, 6.07) is 6.85. The van der Waals surface area contributed by atoms with Gasteiger partial charge in [0.1, 0.15) is 17.8 Å². The van der Waals surface area contributed by atoms with Crippen LogP contribution in [0.3, 0.4) is 0 Å². The molecule has 0 radical (unpaired) electrons. The summed E-state index contributed by atoms with van der Waals surface area (Å²) >= 11 is 0. The molecular weight excluding hydrogens is 308 g/mol. The van der Waals surface area contributed by atoms with Crippen LogP contribution in [-0.2, 0) is 0 Å². The minimum absolute atomic E-state index is 0.208. The number of carbonyl (C=O) groups is 1. The zero-order chi connectivity index (χ0) is 17.1. The van der Waals surface area contributed by atoms with E-state index in [1.165, 1.54) is 0 Å². The summed E-state index contributed by atoms with van der Waals surface area (Å²) in [5, 5.41) is 20.0. The summed E-state index contributed by atoms with van der Waals surface area (Å²) in [5.41, 5.74) is 1.49. The topological polar surface area (TPSA) is 113 Å². The first-order chi connectivity index (χ1) is 11.5. The van der Waals surface area contributed by atoms with Crippen LogP contribution in [0, 0.1) is 6.92 Å². The van der Waals surface area contributed by atoms with E-state index >= 15 is 0 Å². The van der Waals surface area contributed by atoms with Gasteiger partial charge in [-0.05, 0) is 32.9 Å². The first-order valence-electron chi connectivity index (χ1n) is 7.50. The monoisotopic (exact) mass is 326 g/mol. The number of hydrogen-bond donors (Lipinski definition) is 3. The fourth-order valence-electron chi connectivity index (χ4n) is 2.18. The van der Waals surface area contributed by atoms with Gasteiger partial charge < -0.3 is 4.57 Å². The van der Waals surface area contributed by atoms with Gasteiger partial charge in [-0.3, -0.25) is 15.7 Å². The molecule has 124 valence electrons. The van der Waals surface area contributed by atoms with Crippen molar-refractivity contribution in [1.29, 1.82) is 0 Å². The number of pyridine rings is 1. The summed E-state index contributed by atoms with van der Waals surface area (Å²) in [6.07, 6.45) is 1.66. The third-order valence-corrected chi connectivity index (χ3v) is 3.30. The summed E-state index contributed by atoms with van der Waals surface area (Å²) in [4.78, 5) is 16.4. The first-order valence-corrected chi connectivity index (χ1v) is 7.50. The predicted octanol–water partition coefficient (Wildman–Crippen LogP) is 2.60. The van der Waals surface area contributed by atoms with Crippen molar-refractivity contribution in [2.75, 3.05) is 10.6 Å². The van der Waals surface area contributed by atoms with Gasteiger partial charge in [0, 0.05) is 17.8 Å². The number of aromatic nitrogens is 6. The Morgan fingerprint density at radius 1 is 1.25 bits per heavy atom. The van der Waals surface area contributed by atoms with Crippen molar-refractivity contribution in [2.24, 2.45) is 0 Å². The lowest BCUT2D eigenvalue weighted by molar-refractivity contribution is 0.262. The molecule has 3 aromatic rings. The Morgan fingerprint density at radius 3 is 2.75 bits per heavy atom. The third kappa shape index (κ3) is 3.40. The largest absolute Gasteiger partial charge is 0.326 e. The maximum absolute atomic E-state index is 12.0. The molecule has 0 bridgehead atoms. The Bertz CT molecular complexity index is 851. The van der Waals surface area contributed by atoms with Crippen LogP contribution in [0.15, 0.2) is 30.6 Å². The Morgan fingerprint density at radius 2 is 2.04 bits per heavy atom. The van der Waals surface area contributed by atoms with Gasteiger partial charge in [0.25, 0.3) is 0 Å². The van der Waals surface area contributed by atoms with Crippen molar-refractivity contribution in [2.45, 2.75) is 26.8 Å². The highest BCUT2D eigenvalue weighted by atomic mass is 16.2. The van der Waals surface area contributed by atoms with Gasteiger partial charge in [-0.15, -0.1) is 10.2 Å². The van der Waals surface area contributed by atoms with Gasteiger partial charge in [-0.1, -0.05) is 6.07 Å². The SMILES string of the molecule is Cc1cc(NC(=O)Nc2cccc(-c3nncn3C(C)C)n2)n[nH]1. The number of aromatic amines is 1. The number of H-pyrrole nitrogens is 1. The van der Waals surface area contributed by atoms with E-state index in [0.717, 1.165) is 5.69 Å². The number of urea groups is 1. The molecule has 0 aliphatic carbocycles. The number of rotatable bonds is 4. The molecule has 24 heavy (non-hydrogen) atoms. The standard InChI is InChI=1S/C15H18N8O/c1-9(2)23-8-16-22-14(23)11-5-4-6-12(17-11)18-15(24)19-13-7-10(3)20-21-13/h4-9H,1-3H3,(H3,17,18,19,20,21,24). The van der Waals surface area contributed by atoms with Crippen molar-refractivity contribution in [3.05, 3.63) is 36.3 Å².